The van der Waals surface area contributed by atoms with Crippen LogP contribution in [0.25, 0.3) is 0 Å². The van der Waals surface area contributed by atoms with E-state index in [0.717, 1.165) is 25.2 Å². The Morgan fingerprint density at radius 3 is 2.12 bits per heavy atom. The smallest absolute Gasteiger partial charge is 0.303 e. The summed E-state index contributed by atoms with van der Waals surface area (Å²) in [4.78, 5) is 48.7. The normalized spacial score (nSPS) is 26.2. The molecule has 4 rings (SSSR count). The Bertz CT molecular complexity index is 1340. The van der Waals surface area contributed by atoms with Crippen LogP contribution in [-0.4, -0.2) is 67.6 Å². The van der Waals surface area contributed by atoms with Crippen molar-refractivity contribution >= 4 is 29.6 Å². The average molecular weight is 586 g/mol. The monoisotopic (exact) mass is 585 g/mol. The predicted molar refractivity (Wildman–Crippen MR) is 146 cm³/mol. The van der Waals surface area contributed by atoms with Gasteiger partial charge in [0.15, 0.2) is 17.8 Å². The van der Waals surface area contributed by atoms with E-state index in [0.29, 0.717) is 29.8 Å². The van der Waals surface area contributed by atoms with Gasteiger partial charge in [-0.05, 0) is 48.7 Å². The SMILES string of the molecule is CCOc1ccc(Cc2cc([C@]34OC[C@](COC(C)=O)(O3)[C@@H](OC(C)=O)[C@H](OC(C)=O)[C@H]4OC(C)=O)ccc2N)cc1. The lowest BCUT2D eigenvalue weighted by molar-refractivity contribution is -0.334. The third-order valence-corrected chi connectivity index (χ3v) is 6.96. The fourth-order valence-corrected chi connectivity index (χ4v) is 5.29. The van der Waals surface area contributed by atoms with E-state index < -0.39 is 60.2 Å². The Kier molecular flexibility index (Phi) is 9.07. The molecule has 0 radical (unpaired) electrons. The Balaban J connectivity index is 1.82. The van der Waals surface area contributed by atoms with Crippen LogP contribution in [-0.2, 0) is 59.8 Å². The second kappa shape index (κ2) is 12.4. The van der Waals surface area contributed by atoms with E-state index in [9.17, 15) is 19.2 Å². The zero-order valence-corrected chi connectivity index (χ0v) is 24.2. The van der Waals surface area contributed by atoms with E-state index in [2.05, 4.69) is 0 Å². The summed E-state index contributed by atoms with van der Waals surface area (Å²) in [5.41, 5.74) is 7.29. The van der Waals surface area contributed by atoms with E-state index in [-0.39, 0.29) is 6.61 Å². The fourth-order valence-electron chi connectivity index (χ4n) is 5.29. The van der Waals surface area contributed by atoms with Gasteiger partial charge in [0, 0.05) is 38.9 Å². The Morgan fingerprint density at radius 2 is 1.52 bits per heavy atom. The summed E-state index contributed by atoms with van der Waals surface area (Å²) >= 11 is 0. The van der Waals surface area contributed by atoms with Crippen LogP contribution in [0.4, 0.5) is 5.69 Å². The lowest BCUT2D eigenvalue weighted by Gasteiger charge is -2.49. The zero-order valence-electron chi connectivity index (χ0n) is 24.2. The minimum absolute atomic E-state index is 0.258. The quantitative estimate of drug-likeness (QED) is 0.247. The first kappa shape index (κ1) is 30.8. The molecule has 0 spiro atoms. The summed E-state index contributed by atoms with van der Waals surface area (Å²) in [5.74, 6) is -3.91. The molecule has 12 heteroatoms. The third kappa shape index (κ3) is 6.34. The first-order chi connectivity index (χ1) is 19.9. The largest absolute Gasteiger partial charge is 0.494 e. The summed E-state index contributed by atoms with van der Waals surface area (Å²) in [6, 6.07) is 12.6. The van der Waals surface area contributed by atoms with E-state index in [1.807, 2.05) is 31.2 Å². The molecule has 2 aliphatic rings. The molecule has 226 valence electrons. The lowest BCUT2D eigenvalue weighted by atomic mass is 9.82. The molecule has 12 nitrogen and oxygen atoms in total. The van der Waals surface area contributed by atoms with Crippen molar-refractivity contribution in [2.45, 2.75) is 70.7 Å². The molecular weight excluding hydrogens is 550 g/mol. The predicted octanol–water partition coefficient (Wildman–Crippen LogP) is 2.57. The highest BCUT2D eigenvalue weighted by Crippen LogP contribution is 2.53. The van der Waals surface area contributed by atoms with Crippen LogP contribution < -0.4 is 10.5 Å². The van der Waals surface area contributed by atoms with Crippen LogP contribution in [0.15, 0.2) is 42.5 Å². The third-order valence-electron chi connectivity index (χ3n) is 6.96. The van der Waals surface area contributed by atoms with Crippen molar-refractivity contribution in [3.8, 4) is 5.75 Å². The molecule has 2 saturated heterocycles. The van der Waals surface area contributed by atoms with Gasteiger partial charge in [0.2, 0.25) is 11.9 Å². The summed E-state index contributed by atoms with van der Waals surface area (Å²) in [6.45, 7) is 6.51. The maximum atomic E-state index is 12.4. The number of ether oxygens (including phenoxy) is 7. The number of hydrogen-bond donors (Lipinski definition) is 1. The number of carbonyl (C=O) groups excluding carboxylic acids is 4. The first-order valence-electron chi connectivity index (χ1n) is 13.5. The number of rotatable bonds is 10. The van der Waals surface area contributed by atoms with Gasteiger partial charge in [-0.1, -0.05) is 18.2 Å². The molecule has 2 fully saturated rings. The molecule has 2 aromatic rings. The lowest BCUT2D eigenvalue weighted by Crippen LogP contribution is -2.68. The number of nitrogens with two attached hydrogens (primary N) is 1. The number of benzene rings is 2. The summed E-state index contributed by atoms with van der Waals surface area (Å²) in [6.07, 6.45) is -3.72. The van der Waals surface area contributed by atoms with Gasteiger partial charge >= 0.3 is 23.9 Å². The van der Waals surface area contributed by atoms with Gasteiger partial charge in [-0.3, -0.25) is 19.2 Å². The number of esters is 4. The van der Waals surface area contributed by atoms with Gasteiger partial charge in [-0.25, -0.2) is 0 Å². The Hall–Kier alpha value is -4.16. The summed E-state index contributed by atoms with van der Waals surface area (Å²) in [5, 5.41) is 0. The van der Waals surface area contributed by atoms with Crippen molar-refractivity contribution in [2.75, 3.05) is 25.6 Å². The molecule has 2 aromatic carbocycles. The minimum atomic E-state index is -1.84. The standard InChI is InChI=1S/C30H35NO11/c1-6-36-24-10-7-21(8-11-24)13-22-14-23(9-12-25(22)31)30-28(41-20(5)35)26(39-18(3)33)27(40-19(4)34)29(42-30,16-38-30)15-37-17(2)32/h7-12,14,26-28H,6,13,15-16,31H2,1-5H3/t26-,27-,28+,29-,30-/m0/s1. The Morgan fingerprint density at radius 1 is 0.881 bits per heavy atom. The first-order valence-corrected chi connectivity index (χ1v) is 13.5. The van der Waals surface area contributed by atoms with Crippen molar-refractivity contribution < 1.29 is 52.3 Å². The van der Waals surface area contributed by atoms with Crippen LogP contribution in [0.5, 0.6) is 5.75 Å². The van der Waals surface area contributed by atoms with E-state index >= 15 is 0 Å². The molecule has 0 amide bonds. The molecular formula is C30H35NO11. The molecule has 2 N–H and O–H groups in total. The van der Waals surface area contributed by atoms with Crippen molar-refractivity contribution in [2.24, 2.45) is 0 Å². The van der Waals surface area contributed by atoms with Crippen LogP contribution in [0.2, 0.25) is 0 Å². The molecule has 2 bridgehead atoms. The Labute approximate surface area is 243 Å². The zero-order chi connectivity index (χ0) is 30.7. The highest BCUT2D eigenvalue weighted by Gasteiger charge is 2.72. The molecule has 0 aliphatic carbocycles. The molecule has 42 heavy (non-hydrogen) atoms. The van der Waals surface area contributed by atoms with Crippen LogP contribution in [0.3, 0.4) is 0 Å². The average Bonchev–Trinajstić information content (AvgIpc) is 3.28. The van der Waals surface area contributed by atoms with E-state index in [1.165, 1.54) is 13.8 Å². The van der Waals surface area contributed by atoms with Crippen molar-refractivity contribution in [3.63, 3.8) is 0 Å². The second-order valence-electron chi connectivity index (χ2n) is 10.2. The van der Waals surface area contributed by atoms with Crippen LogP contribution in [0, 0.1) is 0 Å². The number of anilines is 1. The highest BCUT2D eigenvalue weighted by molar-refractivity contribution is 5.69. The summed E-state index contributed by atoms with van der Waals surface area (Å²) < 4.78 is 40.5. The van der Waals surface area contributed by atoms with Gasteiger partial charge in [-0.15, -0.1) is 0 Å². The second-order valence-corrected chi connectivity index (χ2v) is 10.2. The molecule has 0 aromatic heterocycles. The number of fused-ring (bicyclic) bond motifs is 2. The van der Waals surface area contributed by atoms with Gasteiger partial charge in [-0.2, -0.15) is 0 Å². The van der Waals surface area contributed by atoms with Crippen molar-refractivity contribution in [1.29, 1.82) is 0 Å². The number of nitrogen functional groups attached to an aromatic ring is 1. The molecule has 0 saturated carbocycles. The van der Waals surface area contributed by atoms with Gasteiger partial charge < -0.3 is 38.9 Å². The summed E-state index contributed by atoms with van der Waals surface area (Å²) in [7, 11) is 0. The van der Waals surface area contributed by atoms with E-state index in [1.54, 1.807) is 18.2 Å². The van der Waals surface area contributed by atoms with Crippen LogP contribution >= 0.6 is 0 Å². The maximum Gasteiger partial charge on any atom is 0.303 e. The number of hydrogen-bond acceptors (Lipinski definition) is 12. The molecule has 2 heterocycles. The van der Waals surface area contributed by atoms with Gasteiger partial charge in [0.1, 0.15) is 12.4 Å². The van der Waals surface area contributed by atoms with Gasteiger partial charge in [0.05, 0.1) is 13.2 Å². The van der Waals surface area contributed by atoms with E-state index in [4.69, 9.17) is 38.9 Å². The van der Waals surface area contributed by atoms with Gasteiger partial charge in [0.25, 0.3) is 0 Å². The van der Waals surface area contributed by atoms with Crippen molar-refractivity contribution in [1.82, 2.24) is 0 Å². The molecule has 5 atom stereocenters. The molecule has 0 unspecified atom stereocenters. The van der Waals surface area contributed by atoms with Crippen LogP contribution in [0.1, 0.15) is 51.3 Å². The maximum absolute atomic E-state index is 12.4. The topological polar surface area (TPSA) is 159 Å². The minimum Gasteiger partial charge on any atom is -0.494 e. The van der Waals surface area contributed by atoms with Crippen molar-refractivity contribution in [3.05, 3.63) is 59.2 Å². The number of carbonyl (C=O) groups is 4. The fraction of sp³-hybridized carbons (Fsp3) is 0.467. The molecule has 2 aliphatic heterocycles. The highest BCUT2D eigenvalue weighted by atomic mass is 16.8.